The summed E-state index contributed by atoms with van der Waals surface area (Å²) in [5.74, 6) is 0. The maximum atomic E-state index is 2.88. The van der Waals surface area contributed by atoms with Crippen molar-refractivity contribution < 1.29 is 0 Å². The normalized spacial score (nSPS) is 12.8. The molecule has 0 aliphatic heterocycles. The standard InChI is InChI=1S/C21H48Si2/c1-7-12-17-22(6,18-13-8-2)23(19-14-9-3,20-15-10-4)21-16-11-5/h7-21H2,1-6H3. The van der Waals surface area contributed by atoms with Crippen LogP contribution >= 0.6 is 0 Å². The van der Waals surface area contributed by atoms with Gasteiger partial charge in [0.25, 0.3) is 0 Å². The van der Waals surface area contributed by atoms with Crippen molar-refractivity contribution in [2.45, 2.75) is 136 Å². The predicted molar refractivity (Wildman–Crippen MR) is 116 cm³/mol. The summed E-state index contributed by atoms with van der Waals surface area (Å²) >= 11 is 0. The van der Waals surface area contributed by atoms with E-state index in [2.05, 4.69) is 41.2 Å². The topological polar surface area (TPSA) is 0 Å². The van der Waals surface area contributed by atoms with Crippen LogP contribution in [-0.2, 0) is 0 Å². The van der Waals surface area contributed by atoms with Gasteiger partial charge < -0.3 is 0 Å². The summed E-state index contributed by atoms with van der Waals surface area (Å²) in [5, 5.41) is 0. The van der Waals surface area contributed by atoms with Gasteiger partial charge in [0.1, 0.15) is 0 Å². The van der Waals surface area contributed by atoms with Crippen LogP contribution in [0.2, 0.25) is 36.8 Å². The monoisotopic (exact) mass is 356 g/mol. The number of hydrogen-bond donors (Lipinski definition) is 0. The summed E-state index contributed by atoms with van der Waals surface area (Å²) in [6.45, 7) is 14.9. The molecule has 0 atom stereocenters. The molecule has 0 aromatic rings. The molecule has 0 nitrogen and oxygen atoms in total. The van der Waals surface area contributed by atoms with Crippen molar-refractivity contribution in [1.82, 2.24) is 0 Å². The summed E-state index contributed by atoms with van der Waals surface area (Å²) < 4.78 is 0. The van der Waals surface area contributed by atoms with Crippen molar-refractivity contribution in [2.75, 3.05) is 0 Å². The molecule has 0 aliphatic carbocycles. The molecule has 0 aromatic carbocycles. The minimum Gasteiger partial charge on any atom is -0.0711 e. The summed E-state index contributed by atoms with van der Waals surface area (Å²) in [6.07, 6.45) is 14.7. The zero-order valence-corrected chi connectivity index (χ0v) is 19.6. The lowest BCUT2D eigenvalue weighted by molar-refractivity contribution is 0.791. The minimum absolute atomic E-state index is 1.04. The van der Waals surface area contributed by atoms with Crippen LogP contribution in [0.3, 0.4) is 0 Å². The maximum absolute atomic E-state index is 2.88. The van der Waals surface area contributed by atoms with Gasteiger partial charge in [0.05, 0.1) is 0 Å². The molecule has 0 rings (SSSR count). The Labute approximate surface area is 151 Å². The van der Waals surface area contributed by atoms with Crippen LogP contribution < -0.4 is 0 Å². The van der Waals surface area contributed by atoms with Crippen LogP contribution in [0, 0.1) is 0 Å². The van der Waals surface area contributed by atoms with Crippen molar-refractivity contribution >= 4 is 15.2 Å². The van der Waals surface area contributed by atoms with E-state index in [0.29, 0.717) is 0 Å². The zero-order chi connectivity index (χ0) is 17.6. The number of unbranched alkanes of at least 4 members (excludes halogenated alkanes) is 5. The minimum atomic E-state index is -1.05. The molecule has 0 radical (unpaired) electrons. The first-order valence-corrected chi connectivity index (χ1v) is 17.6. The molecule has 0 amide bonds. The highest BCUT2D eigenvalue weighted by molar-refractivity contribution is 7.42. The molecule has 0 aliphatic rings. The highest BCUT2D eigenvalue weighted by atomic mass is 29.3. The highest BCUT2D eigenvalue weighted by Crippen LogP contribution is 2.42. The second-order valence-corrected chi connectivity index (χ2v) is 23.3. The summed E-state index contributed by atoms with van der Waals surface area (Å²) in [6, 6.07) is 8.36. The SMILES string of the molecule is CCCC[Si](C)(CCCC)[Si](CCCC)(CCCC)CCCC. The lowest BCUT2D eigenvalue weighted by atomic mass is 10.4. The van der Waals surface area contributed by atoms with Gasteiger partial charge in [-0.3, -0.25) is 0 Å². The van der Waals surface area contributed by atoms with Gasteiger partial charge in [-0.1, -0.05) is 136 Å². The fraction of sp³-hybridized carbons (Fsp3) is 1.00. The van der Waals surface area contributed by atoms with Crippen molar-refractivity contribution in [3.05, 3.63) is 0 Å². The van der Waals surface area contributed by atoms with E-state index in [4.69, 9.17) is 0 Å². The molecule has 0 spiro atoms. The van der Waals surface area contributed by atoms with Crippen LogP contribution in [0.4, 0.5) is 0 Å². The Morgan fingerprint density at radius 1 is 0.435 bits per heavy atom. The largest absolute Gasteiger partial charge is 0.0711 e. The van der Waals surface area contributed by atoms with Gasteiger partial charge in [-0.05, 0) is 0 Å². The highest BCUT2D eigenvalue weighted by Gasteiger charge is 2.48. The maximum Gasteiger partial charge on any atom is 0.0476 e. The lowest BCUT2D eigenvalue weighted by Crippen LogP contribution is -2.60. The van der Waals surface area contributed by atoms with E-state index in [0.717, 1.165) is 0 Å². The molecule has 0 N–H and O–H groups in total. The van der Waals surface area contributed by atoms with Crippen LogP contribution in [0.25, 0.3) is 0 Å². The van der Waals surface area contributed by atoms with E-state index in [1.54, 1.807) is 30.2 Å². The quantitative estimate of drug-likeness (QED) is 0.243. The Bertz CT molecular complexity index is 233. The first-order chi connectivity index (χ1) is 11.1. The third-order valence-corrected chi connectivity index (χ3v) is 27.3. The molecule has 0 bridgehead atoms. The van der Waals surface area contributed by atoms with E-state index in [1.165, 1.54) is 64.2 Å². The number of hydrogen-bond acceptors (Lipinski definition) is 0. The van der Waals surface area contributed by atoms with Gasteiger partial charge in [-0.25, -0.2) is 0 Å². The van der Waals surface area contributed by atoms with Gasteiger partial charge in [-0.15, -0.1) is 0 Å². The second kappa shape index (κ2) is 13.7. The van der Waals surface area contributed by atoms with Crippen molar-refractivity contribution in [1.29, 1.82) is 0 Å². The van der Waals surface area contributed by atoms with Gasteiger partial charge >= 0.3 is 0 Å². The molecule has 0 aromatic heterocycles. The average Bonchev–Trinajstić information content (AvgIpc) is 2.57. The predicted octanol–water partition coefficient (Wildman–Crippen LogP) is 8.59. The molecule has 0 saturated carbocycles. The third kappa shape index (κ3) is 7.90. The lowest BCUT2D eigenvalue weighted by Gasteiger charge is -2.48. The van der Waals surface area contributed by atoms with Gasteiger partial charge in [0, 0.05) is 15.2 Å². The second-order valence-electron chi connectivity index (χ2n) is 8.36. The van der Waals surface area contributed by atoms with Crippen LogP contribution in [0.15, 0.2) is 0 Å². The molecule has 0 unspecified atom stereocenters. The smallest absolute Gasteiger partial charge is 0.0476 e. The number of rotatable bonds is 16. The van der Waals surface area contributed by atoms with E-state index >= 15 is 0 Å². The molecule has 2 heteroatoms. The summed E-state index contributed by atoms with van der Waals surface area (Å²) in [5.41, 5.74) is 0. The molecular weight excluding hydrogens is 308 g/mol. The van der Waals surface area contributed by atoms with Crippen LogP contribution in [-0.4, -0.2) is 15.2 Å². The van der Waals surface area contributed by atoms with E-state index in [9.17, 15) is 0 Å². The fourth-order valence-electron chi connectivity index (χ4n) is 4.62. The molecule has 23 heavy (non-hydrogen) atoms. The van der Waals surface area contributed by atoms with E-state index < -0.39 is 15.2 Å². The Hall–Kier alpha value is 0.434. The average molecular weight is 357 g/mol. The Morgan fingerprint density at radius 2 is 0.696 bits per heavy atom. The van der Waals surface area contributed by atoms with Crippen LogP contribution in [0.5, 0.6) is 0 Å². The zero-order valence-electron chi connectivity index (χ0n) is 17.6. The summed E-state index contributed by atoms with van der Waals surface area (Å²) in [7, 11) is -2.09. The molecular formula is C21H48Si2. The Balaban J connectivity index is 5.49. The molecule has 140 valence electrons. The van der Waals surface area contributed by atoms with E-state index in [1.807, 2.05) is 0 Å². The Kier molecular flexibility index (Phi) is 14.0. The van der Waals surface area contributed by atoms with Crippen molar-refractivity contribution in [3.63, 3.8) is 0 Å². The first-order valence-electron chi connectivity index (χ1n) is 11.1. The summed E-state index contributed by atoms with van der Waals surface area (Å²) in [4.78, 5) is 0. The molecule has 0 fully saturated rings. The van der Waals surface area contributed by atoms with Gasteiger partial charge in [0.2, 0.25) is 0 Å². The molecule has 0 heterocycles. The van der Waals surface area contributed by atoms with Crippen molar-refractivity contribution in [3.8, 4) is 0 Å². The fourth-order valence-corrected chi connectivity index (χ4v) is 25.1. The van der Waals surface area contributed by atoms with E-state index in [-0.39, 0.29) is 0 Å². The Morgan fingerprint density at radius 3 is 0.957 bits per heavy atom. The molecule has 0 saturated heterocycles. The van der Waals surface area contributed by atoms with Gasteiger partial charge in [0.15, 0.2) is 0 Å². The first kappa shape index (κ1) is 23.4. The third-order valence-electron chi connectivity index (χ3n) is 6.47. The van der Waals surface area contributed by atoms with Crippen LogP contribution in [0.1, 0.15) is 98.8 Å². The van der Waals surface area contributed by atoms with Crippen molar-refractivity contribution in [2.24, 2.45) is 0 Å². The van der Waals surface area contributed by atoms with Gasteiger partial charge in [-0.2, -0.15) is 0 Å².